The van der Waals surface area contributed by atoms with Crippen LogP contribution in [0.2, 0.25) is 0 Å². The first-order valence-electron chi connectivity index (χ1n) is 11.0. The van der Waals surface area contributed by atoms with Crippen LogP contribution in [0.5, 0.6) is 0 Å². The largest absolute Gasteiger partial charge is 0.456 e. The van der Waals surface area contributed by atoms with Crippen LogP contribution in [0.4, 0.5) is 0 Å². The van der Waals surface area contributed by atoms with Crippen molar-refractivity contribution in [3.05, 3.63) is 23.7 Å². The van der Waals surface area contributed by atoms with Gasteiger partial charge >= 0.3 is 0 Å². The predicted molar refractivity (Wildman–Crippen MR) is 107 cm³/mol. The van der Waals surface area contributed by atoms with E-state index in [0.717, 1.165) is 37.9 Å². The number of aryl methyl sites for hydroxylation is 1. The summed E-state index contributed by atoms with van der Waals surface area (Å²) in [5, 5.41) is 3.38. The molecule has 2 amide bonds. The second-order valence-electron chi connectivity index (χ2n) is 8.90. The van der Waals surface area contributed by atoms with Crippen molar-refractivity contribution in [1.29, 1.82) is 0 Å². The van der Waals surface area contributed by atoms with Crippen molar-refractivity contribution in [2.45, 2.75) is 70.4 Å². The summed E-state index contributed by atoms with van der Waals surface area (Å²) in [6.07, 6.45) is 7.94. The third kappa shape index (κ3) is 3.97. The molecule has 6 nitrogen and oxygen atoms in total. The van der Waals surface area contributed by atoms with Gasteiger partial charge in [-0.25, -0.2) is 0 Å². The number of hydrogen-bond donors (Lipinski definition) is 2. The lowest BCUT2D eigenvalue weighted by Crippen LogP contribution is -2.55. The number of nitrogens with two attached hydrogens (primary N) is 1. The van der Waals surface area contributed by atoms with Crippen molar-refractivity contribution in [3.63, 3.8) is 0 Å². The summed E-state index contributed by atoms with van der Waals surface area (Å²) in [5.41, 5.74) is 6.20. The van der Waals surface area contributed by atoms with Gasteiger partial charge in [-0.15, -0.1) is 0 Å². The van der Waals surface area contributed by atoms with Crippen molar-refractivity contribution in [2.24, 2.45) is 23.5 Å². The fraction of sp³-hybridized carbons (Fsp3) is 0.727. The minimum absolute atomic E-state index is 0.00294. The van der Waals surface area contributed by atoms with Crippen molar-refractivity contribution < 1.29 is 14.0 Å². The van der Waals surface area contributed by atoms with Gasteiger partial charge in [-0.1, -0.05) is 13.3 Å². The molecule has 2 atom stereocenters. The first-order chi connectivity index (χ1) is 13.5. The smallest absolute Gasteiger partial charge is 0.289 e. The minimum atomic E-state index is -0.0608. The molecule has 3 aliphatic rings. The lowest BCUT2D eigenvalue weighted by molar-refractivity contribution is -0.128. The molecule has 1 aliphatic heterocycles. The van der Waals surface area contributed by atoms with Gasteiger partial charge in [0.25, 0.3) is 5.91 Å². The molecule has 4 rings (SSSR count). The number of carbonyl (C=O) groups is 2. The van der Waals surface area contributed by atoms with Gasteiger partial charge in [0.1, 0.15) is 5.76 Å². The number of likely N-dealkylation sites (tertiary alicyclic amines) is 1. The zero-order chi connectivity index (χ0) is 19.7. The van der Waals surface area contributed by atoms with Crippen LogP contribution in [0.1, 0.15) is 68.2 Å². The average molecular weight is 388 g/mol. The molecule has 2 bridgehead atoms. The maximum Gasteiger partial charge on any atom is 0.289 e. The average Bonchev–Trinajstić information content (AvgIpc) is 3.17. The van der Waals surface area contributed by atoms with E-state index in [4.69, 9.17) is 10.2 Å². The van der Waals surface area contributed by atoms with Crippen molar-refractivity contribution in [3.8, 4) is 0 Å². The van der Waals surface area contributed by atoms with Crippen LogP contribution in [-0.2, 0) is 11.2 Å². The Morgan fingerprint density at radius 1 is 1.14 bits per heavy atom. The van der Waals surface area contributed by atoms with Gasteiger partial charge in [-0.2, -0.15) is 0 Å². The standard InChI is InChI=1S/C22H33N3O3/c1-2-18-6-7-19(28-18)22(27)25-10-8-14(9-11-25)21(26)24-20-15-4-3-5-16(20)13-17(23)12-15/h6-7,14-17,20H,2-5,8-13,23H2,1H3,(H,24,26). The van der Waals surface area contributed by atoms with Gasteiger partial charge in [-0.05, 0) is 62.5 Å². The normalized spacial score (nSPS) is 30.9. The van der Waals surface area contributed by atoms with Gasteiger partial charge < -0.3 is 20.4 Å². The van der Waals surface area contributed by atoms with Crippen molar-refractivity contribution >= 4 is 11.8 Å². The first kappa shape index (κ1) is 19.5. The van der Waals surface area contributed by atoms with Crippen LogP contribution in [0.25, 0.3) is 0 Å². The lowest BCUT2D eigenvalue weighted by Gasteiger charge is -2.45. The minimum Gasteiger partial charge on any atom is -0.456 e. The molecule has 0 radical (unpaired) electrons. The molecular formula is C22H33N3O3. The SMILES string of the molecule is CCc1ccc(C(=O)N2CCC(C(=O)NC3C4CCCC3CC(N)C4)CC2)o1. The van der Waals surface area contributed by atoms with E-state index >= 15 is 0 Å². The van der Waals surface area contributed by atoms with Crippen molar-refractivity contribution in [1.82, 2.24) is 10.2 Å². The number of amides is 2. The number of fused-ring (bicyclic) bond motifs is 2. The lowest BCUT2D eigenvalue weighted by atomic mass is 9.67. The quantitative estimate of drug-likeness (QED) is 0.831. The summed E-state index contributed by atoms with van der Waals surface area (Å²) in [7, 11) is 0. The highest BCUT2D eigenvalue weighted by atomic mass is 16.4. The summed E-state index contributed by atoms with van der Waals surface area (Å²) < 4.78 is 5.59. The van der Waals surface area contributed by atoms with Gasteiger partial charge in [-0.3, -0.25) is 9.59 Å². The first-order valence-corrected chi connectivity index (χ1v) is 11.0. The molecular weight excluding hydrogens is 354 g/mol. The molecule has 154 valence electrons. The Kier molecular flexibility index (Phi) is 5.76. The molecule has 6 heteroatoms. The van der Waals surface area contributed by atoms with Gasteiger partial charge in [0, 0.05) is 37.5 Å². The molecule has 2 heterocycles. The Morgan fingerprint density at radius 2 is 1.82 bits per heavy atom. The number of nitrogens with one attached hydrogen (secondary N) is 1. The van der Waals surface area contributed by atoms with Crippen LogP contribution in [0.3, 0.4) is 0 Å². The Hall–Kier alpha value is -1.82. The summed E-state index contributed by atoms with van der Waals surface area (Å²) in [5.74, 6) is 2.44. The summed E-state index contributed by atoms with van der Waals surface area (Å²) in [6.45, 7) is 3.23. The molecule has 2 unspecified atom stereocenters. The maximum atomic E-state index is 12.9. The third-order valence-corrected chi connectivity index (χ3v) is 7.06. The maximum absolute atomic E-state index is 12.9. The Balaban J connectivity index is 1.30. The van der Waals surface area contributed by atoms with E-state index in [1.165, 1.54) is 19.3 Å². The van der Waals surface area contributed by atoms with E-state index in [-0.39, 0.29) is 17.7 Å². The summed E-state index contributed by atoms with van der Waals surface area (Å²) in [4.78, 5) is 27.3. The highest BCUT2D eigenvalue weighted by Crippen LogP contribution is 2.40. The number of nitrogens with zero attached hydrogens (tertiary/aromatic N) is 1. The van der Waals surface area contributed by atoms with Gasteiger partial charge in [0.15, 0.2) is 5.76 Å². The van der Waals surface area contributed by atoms with E-state index in [2.05, 4.69) is 5.32 Å². The van der Waals surface area contributed by atoms with Crippen molar-refractivity contribution in [2.75, 3.05) is 13.1 Å². The van der Waals surface area contributed by atoms with Crippen LogP contribution < -0.4 is 11.1 Å². The van der Waals surface area contributed by atoms with Crippen LogP contribution in [0.15, 0.2) is 16.5 Å². The van der Waals surface area contributed by atoms with Gasteiger partial charge in [0.2, 0.25) is 5.91 Å². The molecule has 1 aromatic heterocycles. The topological polar surface area (TPSA) is 88.6 Å². The van der Waals surface area contributed by atoms with E-state index < -0.39 is 0 Å². The van der Waals surface area contributed by atoms with E-state index in [1.807, 2.05) is 17.9 Å². The number of hydrogen-bond acceptors (Lipinski definition) is 4. The van der Waals surface area contributed by atoms with Gasteiger partial charge in [0.05, 0.1) is 0 Å². The second kappa shape index (κ2) is 8.27. The molecule has 0 spiro atoms. The molecule has 0 aromatic carbocycles. The fourth-order valence-electron chi connectivity index (χ4n) is 5.49. The monoisotopic (exact) mass is 387 g/mol. The zero-order valence-electron chi connectivity index (χ0n) is 16.9. The summed E-state index contributed by atoms with van der Waals surface area (Å²) >= 11 is 0. The number of piperidine rings is 1. The van der Waals surface area contributed by atoms with Crippen LogP contribution in [0, 0.1) is 17.8 Å². The van der Waals surface area contributed by atoms with E-state index in [9.17, 15) is 9.59 Å². The summed E-state index contributed by atoms with van der Waals surface area (Å²) in [6, 6.07) is 4.22. The molecule has 1 aromatic rings. The van der Waals surface area contributed by atoms with Crippen LogP contribution in [-0.4, -0.2) is 41.9 Å². The predicted octanol–water partition coefficient (Wildman–Crippen LogP) is 2.72. The van der Waals surface area contributed by atoms with E-state index in [1.54, 1.807) is 6.07 Å². The Labute approximate surface area is 167 Å². The number of carbonyl (C=O) groups excluding carboxylic acids is 2. The molecule has 3 N–H and O–H groups in total. The zero-order valence-corrected chi connectivity index (χ0v) is 16.9. The van der Waals surface area contributed by atoms with E-state index in [0.29, 0.717) is 42.8 Å². The molecule has 2 saturated carbocycles. The Bertz CT molecular complexity index is 694. The fourth-order valence-corrected chi connectivity index (χ4v) is 5.49. The highest BCUT2D eigenvalue weighted by molar-refractivity contribution is 5.91. The molecule has 1 saturated heterocycles. The second-order valence-corrected chi connectivity index (χ2v) is 8.90. The third-order valence-electron chi connectivity index (χ3n) is 7.06. The Morgan fingerprint density at radius 3 is 2.43 bits per heavy atom. The number of furan rings is 1. The van der Waals surface area contributed by atoms with Crippen LogP contribution >= 0.6 is 0 Å². The molecule has 2 aliphatic carbocycles. The highest BCUT2D eigenvalue weighted by Gasteiger charge is 2.41. The molecule has 28 heavy (non-hydrogen) atoms. The molecule has 3 fully saturated rings. The number of rotatable bonds is 4.